The highest BCUT2D eigenvalue weighted by atomic mass is 79.9. The van der Waals surface area contributed by atoms with Gasteiger partial charge in [0.2, 0.25) is 5.90 Å². The zero-order valence-electron chi connectivity index (χ0n) is 21.3. The van der Waals surface area contributed by atoms with Gasteiger partial charge < -0.3 is 14.6 Å². The molecular formula is C28H28BrN5O5. The number of benzene rings is 3. The van der Waals surface area contributed by atoms with Gasteiger partial charge in [-0.15, -0.1) is 0 Å². The molecule has 0 fully saturated rings. The minimum Gasteiger partial charge on any atom is -0.494 e. The number of aliphatic hydroxyl groups is 1. The number of aliphatic imine (C=N–C) groups is 1. The molecule has 0 aliphatic carbocycles. The Morgan fingerprint density at radius 2 is 1.87 bits per heavy atom. The molecule has 0 radical (unpaired) electrons. The van der Waals surface area contributed by atoms with E-state index >= 15 is 0 Å². The van der Waals surface area contributed by atoms with Gasteiger partial charge in [-0.1, -0.05) is 63.5 Å². The van der Waals surface area contributed by atoms with Crippen molar-refractivity contribution in [2.45, 2.75) is 31.0 Å². The maximum Gasteiger partial charge on any atom is 0.276 e. The van der Waals surface area contributed by atoms with Crippen LogP contribution in [-0.2, 0) is 27.3 Å². The number of ether oxygens (including phenoxy) is 2. The van der Waals surface area contributed by atoms with Gasteiger partial charge in [-0.25, -0.2) is 10.5 Å². The minimum absolute atomic E-state index is 0.0524. The van der Waals surface area contributed by atoms with Crippen LogP contribution in [0.3, 0.4) is 0 Å². The third kappa shape index (κ3) is 6.40. The molecule has 3 aromatic carbocycles. The molecule has 1 aliphatic rings. The van der Waals surface area contributed by atoms with Crippen LogP contribution >= 0.6 is 15.9 Å². The fraction of sp³-hybridized carbons (Fsp3) is 0.286. The molecule has 39 heavy (non-hydrogen) atoms. The van der Waals surface area contributed by atoms with Crippen LogP contribution in [0.5, 0.6) is 5.75 Å². The Bertz CT molecular complexity index is 1380. The van der Waals surface area contributed by atoms with Gasteiger partial charge in [0.1, 0.15) is 5.75 Å². The molecule has 202 valence electrons. The van der Waals surface area contributed by atoms with E-state index in [1.54, 1.807) is 12.1 Å². The zero-order chi connectivity index (χ0) is 27.7. The molecule has 2 atom stereocenters. The molecule has 11 heteroatoms. The van der Waals surface area contributed by atoms with Crippen LogP contribution in [0.25, 0.3) is 10.4 Å². The lowest BCUT2D eigenvalue weighted by atomic mass is 9.81. The van der Waals surface area contributed by atoms with Gasteiger partial charge in [0.05, 0.1) is 20.3 Å². The number of carbonyl (C=O) groups excluding carboxylic acids is 1. The molecule has 0 unspecified atom stereocenters. The van der Waals surface area contributed by atoms with Crippen molar-refractivity contribution in [1.82, 2.24) is 5.48 Å². The summed E-state index contributed by atoms with van der Waals surface area (Å²) in [4.78, 5) is 26.7. The van der Waals surface area contributed by atoms with Crippen molar-refractivity contribution in [3.05, 3.63) is 110 Å². The normalized spacial score (nSPS) is 18.0. The van der Waals surface area contributed by atoms with Crippen molar-refractivity contribution in [1.29, 1.82) is 0 Å². The summed E-state index contributed by atoms with van der Waals surface area (Å²) in [6.45, 7) is 0.577. The number of nitrogens with zero attached hydrogens (tertiary/aromatic N) is 4. The predicted molar refractivity (Wildman–Crippen MR) is 149 cm³/mol. The minimum atomic E-state index is -1.46. The number of hydrogen-bond acceptors (Lipinski definition) is 7. The van der Waals surface area contributed by atoms with Crippen molar-refractivity contribution in [3.8, 4) is 5.75 Å². The van der Waals surface area contributed by atoms with Gasteiger partial charge in [-0.05, 0) is 47.0 Å². The maximum absolute atomic E-state index is 13.8. The van der Waals surface area contributed by atoms with Crippen LogP contribution in [0.2, 0.25) is 0 Å². The molecule has 4 rings (SSSR count). The van der Waals surface area contributed by atoms with Crippen molar-refractivity contribution < 1.29 is 24.2 Å². The highest BCUT2D eigenvalue weighted by Crippen LogP contribution is 2.45. The van der Waals surface area contributed by atoms with E-state index in [1.165, 1.54) is 7.11 Å². The second-order valence-electron chi connectivity index (χ2n) is 8.78. The molecule has 0 bridgehead atoms. The van der Waals surface area contributed by atoms with Gasteiger partial charge in [-0.2, -0.15) is 0 Å². The number of hydrogen-bond donors (Lipinski definition) is 2. The molecule has 0 spiro atoms. The maximum atomic E-state index is 13.8. The fourth-order valence-corrected chi connectivity index (χ4v) is 4.90. The SMILES string of the molecule is CONC(=O)[C@@]1(Cc2ccccc2CN=[N+]=[N-])N=C(c2ccc(OCCCO)cc2)O[C@H]1c1ccccc1Br. The topological polar surface area (TPSA) is 138 Å². The average molecular weight is 594 g/mol. The lowest BCUT2D eigenvalue weighted by Crippen LogP contribution is -2.49. The third-order valence-electron chi connectivity index (χ3n) is 6.30. The molecule has 3 aromatic rings. The van der Waals surface area contributed by atoms with Gasteiger partial charge >= 0.3 is 0 Å². The van der Waals surface area contributed by atoms with Crippen molar-refractivity contribution in [2.24, 2.45) is 10.1 Å². The lowest BCUT2D eigenvalue weighted by molar-refractivity contribution is -0.139. The van der Waals surface area contributed by atoms with Gasteiger partial charge in [-0.3, -0.25) is 9.63 Å². The Labute approximate surface area is 234 Å². The van der Waals surface area contributed by atoms with Crippen molar-refractivity contribution >= 4 is 27.7 Å². The fourth-order valence-electron chi connectivity index (χ4n) is 4.41. The molecule has 0 aromatic heterocycles. The third-order valence-corrected chi connectivity index (χ3v) is 7.02. The number of nitrogens with one attached hydrogen (secondary N) is 1. The Kier molecular flexibility index (Phi) is 9.56. The number of azide groups is 1. The summed E-state index contributed by atoms with van der Waals surface area (Å²) >= 11 is 3.61. The smallest absolute Gasteiger partial charge is 0.276 e. The second kappa shape index (κ2) is 13.3. The molecular weight excluding hydrogens is 566 g/mol. The van der Waals surface area contributed by atoms with Crippen molar-refractivity contribution in [3.63, 3.8) is 0 Å². The van der Waals surface area contributed by atoms with Crippen LogP contribution in [0.15, 0.2) is 87.4 Å². The summed E-state index contributed by atoms with van der Waals surface area (Å²) in [6.07, 6.45) is -0.132. The number of rotatable bonds is 12. The molecule has 1 heterocycles. The predicted octanol–water partition coefficient (Wildman–Crippen LogP) is 5.20. The highest BCUT2D eigenvalue weighted by molar-refractivity contribution is 9.10. The van der Waals surface area contributed by atoms with Gasteiger partial charge in [0.15, 0.2) is 11.6 Å². The lowest BCUT2D eigenvalue weighted by Gasteiger charge is -2.31. The largest absolute Gasteiger partial charge is 0.494 e. The number of carbonyl (C=O) groups is 1. The van der Waals surface area contributed by atoms with E-state index in [1.807, 2.05) is 60.7 Å². The summed E-state index contributed by atoms with van der Waals surface area (Å²) < 4.78 is 12.9. The quantitative estimate of drug-likeness (QED) is 0.0977. The second-order valence-corrected chi connectivity index (χ2v) is 9.63. The van der Waals surface area contributed by atoms with E-state index < -0.39 is 17.6 Å². The van der Waals surface area contributed by atoms with Crippen LogP contribution in [-0.4, -0.2) is 42.8 Å². The standard InChI is InChI=1S/C28H28BrN5O5/c1-37-33-27(36)28(17-20-7-2-3-8-21(20)18-31-34-30)25(23-9-4-5-10-24(23)29)39-26(32-28)19-11-13-22(14-12-19)38-16-6-15-35/h2-5,7-14,25,35H,6,15-18H2,1H3,(H,33,36)/t25-,28-/m0/s1. The summed E-state index contributed by atoms with van der Waals surface area (Å²) in [5, 5.41) is 12.7. The van der Waals surface area contributed by atoms with E-state index in [9.17, 15) is 4.79 Å². The summed E-state index contributed by atoms with van der Waals surface area (Å²) in [5.41, 5.74) is 12.9. The van der Waals surface area contributed by atoms with E-state index in [2.05, 4.69) is 31.4 Å². The zero-order valence-corrected chi connectivity index (χ0v) is 22.9. The van der Waals surface area contributed by atoms with E-state index in [0.29, 0.717) is 24.3 Å². The Hall–Kier alpha value is -3.89. The molecule has 2 N–H and O–H groups in total. The molecule has 1 aliphatic heterocycles. The number of halogens is 1. The van der Waals surface area contributed by atoms with Crippen molar-refractivity contribution in [2.75, 3.05) is 20.3 Å². The molecule has 0 saturated carbocycles. The molecule has 0 saturated heterocycles. The number of hydroxylamine groups is 1. The molecule has 1 amide bonds. The van der Waals surface area contributed by atoms with Crippen LogP contribution in [0.1, 0.15) is 34.8 Å². The Morgan fingerprint density at radius 3 is 2.56 bits per heavy atom. The highest BCUT2D eigenvalue weighted by Gasteiger charge is 2.54. The first-order valence-corrected chi connectivity index (χ1v) is 13.1. The van der Waals surface area contributed by atoms with Gasteiger partial charge in [0.25, 0.3) is 5.91 Å². The Morgan fingerprint density at radius 1 is 1.15 bits per heavy atom. The molecule has 10 nitrogen and oxygen atoms in total. The van der Waals surface area contributed by atoms with Gasteiger partial charge in [0, 0.05) is 40.0 Å². The van der Waals surface area contributed by atoms with E-state index in [4.69, 9.17) is 29.9 Å². The van der Waals surface area contributed by atoms with Crippen LogP contribution < -0.4 is 10.2 Å². The first-order chi connectivity index (χ1) is 19.0. The number of aliphatic hydroxyl groups excluding tert-OH is 1. The van der Waals surface area contributed by atoms with E-state index in [0.717, 1.165) is 21.2 Å². The Balaban J connectivity index is 1.81. The van der Waals surface area contributed by atoms with Crippen LogP contribution in [0.4, 0.5) is 0 Å². The number of amides is 1. The first-order valence-electron chi connectivity index (χ1n) is 12.3. The monoisotopic (exact) mass is 593 g/mol. The first kappa shape index (κ1) is 28.1. The average Bonchev–Trinajstić information content (AvgIpc) is 3.33. The van der Waals surface area contributed by atoms with Crippen LogP contribution in [0, 0.1) is 0 Å². The van der Waals surface area contributed by atoms with E-state index in [-0.39, 0.29) is 25.5 Å². The summed E-state index contributed by atoms with van der Waals surface area (Å²) in [5.74, 6) is 0.447. The summed E-state index contributed by atoms with van der Waals surface area (Å²) in [7, 11) is 1.37. The summed E-state index contributed by atoms with van der Waals surface area (Å²) in [6, 6.07) is 22.2.